The Morgan fingerprint density at radius 2 is 1.75 bits per heavy atom. The van der Waals surface area contributed by atoms with Crippen LogP contribution < -0.4 is 0 Å². The fraction of sp³-hybridized carbons (Fsp3) is 0.105. The second-order valence-electron chi connectivity index (χ2n) is 5.65. The van der Waals surface area contributed by atoms with E-state index < -0.39 is 0 Å². The Hall–Kier alpha value is -3.21. The van der Waals surface area contributed by atoms with Gasteiger partial charge in [0.15, 0.2) is 0 Å². The van der Waals surface area contributed by atoms with Gasteiger partial charge in [0.25, 0.3) is 11.8 Å². The maximum Gasteiger partial charge on any atom is 0.282 e. The number of fused-ring (bicyclic) bond motifs is 2. The van der Waals surface area contributed by atoms with Crippen molar-refractivity contribution in [3.63, 3.8) is 0 Å². The number of imide groups is 1. The molecular weight excluding hydrogens is 302 g/mol. The summed E-state index contributed by atoms with van der Waals surface area (Å²) in [6, 6.07) is 12.8. The van der Waals surface area contributed by atoms with Crippen LogP contribution in [0.15, 0.2) is 53.8 Å². The number of nitrogens with one attached hydrogen (secondary N) is 1. The van der Waals surface area contributed by atoms with E-state index >= 15 is 0 Å². The van der Waals surface area contributed by atoms with Gasteiger partial charge in [0.2, 0.25) is 0 Å². The molecule has 1 aliphatic rings. The number of hydrogen-bond donors (Lipinski definition) is 1. The maximum absolute atomic E-state index is 12.3. The minimum absolute atomic E-state index is 0.388. The molecule has 118 valence electrons. The summed E-state index contributed by atoms with van der Waals surface area (Å²) < 4.78 is 0. The molecule has 1 aliphatic heterocycles. The third kappa shape index (κ3) is 2.06. The lowest BCUT2D eigenvalue weighted by Gasteiger charge is -2.05. The first-order valence-electron chi connectivity index (χ1n) is 7.81. The second kappa shape index (κ2) is 5.45. The molecule has 0 atom stereocenters. The summed E-state index contributed by atoms with van der Waals surface area (Å²) in [5, 5.41) is 6.08. The Bertz CT molecular complexity index is 966. The Morgan fingerprint density at radius 3 is 2.42 bits per heavy atom. The zero-order valence-corrected chi connectivity index (χ0v) is 13.1. The van der Waals surface area contributed by atoms with Gasteiger partial charge in [0, 0.05) is 22.7 Å². The molecule has 0 bridgehead atoms. The fourth-order valence-corrected chi connectivity index (χ4v) is 3.04. The monoisotopic (exact) mass is 317 g/mol. The van der Waals surface area contributed by atoms with Crippen LogP contribution in [-0.4, -0.2) is 28.0 Å². The number of carbonyl (C=O) groups excluding carboxylic acids is 2. The number of aryl methyl sites for hydroxylation is 1. The number of carbonyl (C=O) groups is 2. The standard InChI is InChI=1S/C19H15N3O2/c1-2-12-6-5-9-14-13(10-20-17(12)14)11-21-22-18(23)15-7-3-4-8-16(15)19(22)24/h3-11,20H,2H2,1H3/b21-11+. The van der Waals surface area contributed by atoms with Gasteiger partial charge in [-0.25, -0.2) is 0 Å². The normalized spacial score (nSPS) is 14.1. The molecule has 0 saturated carbocycles. The Morgan fingerprint density at radius 1 is 1.04 bits per heavy atom. The maximum atomic E-state index is 12.3. The molecular formula is C19H15N3O2. The van der Waals surface area contributed by atoms with Crippen LogP contribution in [0.5, 0.6) is 0 Å². The van der Waals surface area contributed by atoms with E-state index in [-0.39, 0.29) is 11.8 Å². The molecule has 5 nitrogen and oxygen atoms in total. The van der Waals surface area contributed by atoms with Crippen LogP contribution in [0.2, 0.25) is 0 Å². The van der Waals surface area contributed by atoms with Crippen molar-refractivity contribution in [3.8, 4) is 0 Å². The van der Waals surface area contributed by atoms with Gasteiger partial charge >= 0.3 is 0 Å². The van der Waals surface area contributed by atoms with Crippen LogP contribution in [0.1, 0.15) is 38.8 Å². The lowest BCUT2D eigenvalue weighted by atomic mass is 10.1. The van der Waals surface area contributed by atoms with E-state index in [1.807, 2.05) is 18.3 Å². The highest BCUT2D eigenvalue weighted by Crippen LogP contribution is 2.24. The second-order valence-corrected chi connectivity index (χ2v) is 5.65. The average molecular weight is 317 g/mol. The lowest BCUT2D eigenvalue weighted by Crippen LogP contribution is -2.23. The number of rotatable bonds is 3. The van der Waals surface area contributed by atoms with Crippen molar-refractivity contribution in [1.82, 2.24) is 9.99 Å². The molecule has 2 amide bonds. The van der Waals surface area contributed by atoms with Crippen molar-refractivity contribution in [1.29, 1.82) is 0 Å². The SMILES string of the molecule is CCc1cccc2c(/C=N/N3C(=O)c4ccccc4C3=O)c[nH]c12. The zero-order chi connectivity index (χ0) is 16.7. The van der Waals surface area contributed by atoms with Gasteiger partial charge in [0.1, 0.15) is 0 Å². The van der Waals surface area contributed by atoms with E-state index in [1.54, 1.807) is 30.5 Å². The third-order valence-electron chi connectivity index (χ3n) is 4.30. The Labute approximate surface area is 138 Å². The van der Waals surface area contributed by atoms with Crippen molar-refractivity contribution in [2.45, 2.75) is 13.3 Å². The van der Waals surface area contributed by atoms with Crippen LogP contribution in [0.4, 0.5) is 0 Å². The summed E-state index contributed by atoms with van der Waals surface area (Å²) in [7, 11) is 0. The summed E-state index contributed by atoms with van der Waals surface area (Å²) >= 11 is 0. The number of amides is 2. The van der Waals surface area contributed by atoms with Crippen LogP contribution in [0.3, 0.4) is 0 Å². The van der Waals surface area contributed by atoms with Crippen LogP contribution >= 0.6 is 0 Å². The first-order valence-corrected chi connectivity index (χ1v) is 7.81. The van der Waals surface area contributed by atoms with Crippen molar-refractivity contribution in [2.75, 3.05) is 0 Å². The molecule has 3 aromatic rings. The average Bonchev–Trinajstić information content (AvgIpc) is 3.14. The van der Waals surface area contributed by atoms with Crippen LogP contribution in [0.25, 0.3) is 10.9 Å². The molecule has 1 aromatic heterocycles. The molecule has 1 N–H and O–H groups in total. The summed E-state index contributed by atoms with van der Waals surface area (Å²) in [5.74, 6) is -0.776. The largest absolute Gasteiger partial charge is 0.360 e. The van der Waals surface area contributed by atoms with Crippen LogP contribution in [-0.2, 0) is 6.42 Å². The molecule has 0 fully saturated rings. The molecule has 2 aromatic carbocycles. The van der Waals surface area contributed by atoms with E-state index in [0.29, 0.717) is 11.1 Å². The first kappa shape index (κ1) is 14.4. The molecule has 0 spiro atoms. The van der Waals surface area contributed by atoms with E-state index in [1.165, 1.54) is 5.56 Å². The lowest BCUT2D eigenvalue weighted by molar-refractivity contribution is 0.0660. The minimum atomic E-state index is -0.388. The van der Waals surface area contributed by atoms with Crippen molar-refractivity contribution in [2.24, 2.45) is 5.10 Å². The van der Waals surface area contributed by atoms with Gasteiger partial charge in [0.05, 0.1) is 17.3 Å². The highest BCUT2D eigenvalue weighted by atomic mass is 16.2. The van der Waals surface area contributed by atoms with Gasteiger partial charge in [-0.15, -0.1) is 0 Å². The fourth-order valence-electron chi connectivity index (χ4n) is 3.04. The molecule has 4 rings (SSSR count). The summed E-state index contributed by atoms with van der Waals surface area (Å²) in [5.41, 5.74) is 3.91. The number of hydrogen-bond acceptors (Lipinski definition) is 3. The summed E-state index contributed by atoms with van der Waals surface area (Å²) in [6.45, 7) is 2.10. The van der Waals surface area contributed by atoms with E-state index in [4.69, 9.17) is 0 Å². The Balaban J connectivity index is 1.70. The number of aromatic nitrogens is 1. The molecule has 24 heavy (non-hydrogen) atoms. The molecule has 5 heteroatoms. The number of para-hydroxylation sites is 1. The van der Waals surface area contributed by atoms with Gasteiger partial charge in [-0.2, -0.15) is 10.1 Å². The van der Waals surface area contributed by atoms with Gasteiger partial charge < -0.3 is 4.98 Å². The summed E-state index contributed by atoms with van der Waals surface area (Å²) in [6.07, 6.45) is 4.32. The first-order chi connectivity index (χ1) is 11.7. The summed E-state index contributed by atoms with van der Waals surface area (Å²) in [4.78, 5) is 27.9. The van der Waals surface area contributed by atoms with Gasteiger partial charge in [-0.3, -0.25) is 9.59 Å². The van der Waals surface area contributed by atoms with Gasteiger partial charge in [-0.1, -0.05) is 37.3 Å². The number of nitrogens with zero attached hydrogens (tertiary/aromatic N) is 2. The highest BCUT2D eigenvalue weighted by molar-refractivity contribution is 6.21. The zero-order valence-electron chi connectivity index (χ0n) is 13.1. The third-order valence-corrected chi connectivity index (χ3v) is 4.30. The van der Waals surface area contributed by atoms with Crippen molar-refractivity contribution >= 4 is 28.9 Å². The highest BCUT2D eigenvalue weighted by Gasteiger charge is 2.35. The van der Waals surface area contributed by atoms with E-state index in [2.05, 4.69) is 23.1 Å². The topological polar surface area (TPSA) is 65.5 Å². The Kier molecular flexibility index (Phi) is 3.27. The van der Waals surface area contributed by atoms with Gasteiger partial charge in [-0.05, 0) is 24.1 Å². The number of aromatic amines is 1. The smallest absolute Gasteiger partial charge is 0.282 e. The van der Waals surface area contributed by atoms with E-state index in [9.17, 15) is 9.59 Å². The molecule has 0 radical (unpaired) electrons. The van der Waals surface area contributed by atoms with Crippen molar-refractivity contribution in [3.05, 3.63) is 70.9 Å². The minimum Gasteiger partial charge on any atom is -0.360 e. The van der Waals surface area contributed by atoms with Crippen LogP contribution in [0, 0.1) is 0 Å². The quantitative estimate of drug-likeness (QED) is 0.594. The van der Waals surface area contributed by atoms with Crippen molar-refractivity contribution < 1.29 is 9.59 Å². The molecule has 0 saturated heterocycles. The predicted octanol–water partition coefficient (Wildman–Crippen LogP) is 3.36. The van der Waals surface area contributed by atoms with E-state index in [0.717, 1.165) is 27.9 Å². The molecule has 0 unspecified atom stereocenters. The predicted molar refractivity (Wildman–Crippen MR) is 92.2 cm³/mol. The molecule has 0 aliphatic carbocycles. The number of benzene rings is 2. The number of hydrazone groups is 1. The number of H-pyrrole nitrogens is 1. The molecule has 2 heterocycles.